The Morgan fingerprint density at radius 1 is 1.24 bits per heavy atom. The van der Waals surface area contributed by atoms with Crippen LogP contribution in [0.3, 0.4) is 0 Å². The van der Waals surface area contributed by atoms with Gasteiger partial charge in [0, 0.05) is 18.1 Å². The first-order valence-corrected chi connectivity index (χ1v) is 9.17. The summed E-state index contributed by atoms with van der Waals surface area (Å²) >= 11 is 0.975. The number of carbonyl (C=O) groups is 1. The van der Waals surface area contributed by atoms with Crippen LogP contribution in [0.4, 0.5) is 13.2 Å². The lowest BCUT2D eigenvalue weighted by Gasteiger charge is -2.08. The summed E-state index contributed by atoms with van der Waals surface area (Å²) < 4.78 is 43.9. The minimum atomic E-state index is -4.55. The number of amides is 1. The number of carbonyl (C=O) groups excluding carboxylic acids is 1. The van der Waals surface area contributed by atoms with E-state index in [1.54, 1.807) is 30.6 Å². The molecule has 1 N–H and O–H groups in total. The third-order valence-electron chi connectivity index (χ3n) is 3.44. The van der Waals surface area contributed by atoms with Gasteiger partial charge in [-0.15, -0.1) is 0 Å². The van der Waals surface area contributed by atoms with E-state index in [1.807, 2.05) is 0 Å². The number of rotatable bonds is 6. The van der Waals surface area contributed by atoms with Crippen LogP contribution < -0.4 is 5.43 Å². The van der Waals surface area contributed by atoms with Gasteiger partial charge in [0.2, 0.25) is 0 Å². The lowest BCUT2D eigenvalue weighted by molar-refractivity contribution is -0.141. The lowest BCUT2D eigenvalue weighted by Crippen LogP contribution is -2.16. The zero-order valence-electron chi connectivity index (χ0n) is 15.0. The summed E-state index contributed by atoms with van der Waals surface area (Å²) in [5.74, 6) is 0.0113. The van der Waals surface area contributed by atoms with Crippen molar-refractivity contribution in [3.63, 3.8) is 0 Å². The molecule has 3 heterocycles. The van der Waals surface area contributed by atoms with E-state index in [0.717, 1.165) is 23.4 Å². The molecule has 0 aliphatic rings. The van der Waals surface area contributed by atoms with Crippen molar-refractivity contribution in [3.05, 3.63) is 71.2 Å². The first-order chi connectivity index (χ1) is 13.8. The molecule has 0 saturated heterocycles. The summed E-state index contributed by atoms with van der Waals surface area (Å²) in [7, 11) is 0. The highest BCUT2D eigenvalue weighted by Gasteiger charge is 2.33. The largest absolute Gasteiger partial charge is 0.455 e. The van der Waals surface area contributed by atoms with Gasteiger partial charge in [0.05, 0.1) is 12.0 Å². The molecule has 0 saturated carbocycles. The van der Waals surface area contributed by atoms with Crippen molar-refractivity contribution in [2.75, 3.05) is 0 Å². The lowest BCUT2D eigenvalue weighted by atomic mass is 10.3. The summed E-state index contributed by atoms with van der Waals surface area (Å²) in [4.78, 5) is 23.4. The van der Waals surface area contributed by atoms with E-state index in [0.29, 0.717) is 5.76 Å². The van der Waals surface area contributed by atoms with Crippen LogP contribution in [-0.4, -0.2) is 27.1 Å². The number of hydrogen-bond donors (Lipinski definition) is 1. The number of pyridine rings is 1. The van der Waals surface area contributed by atoms with Crippen LogP contribution in [-0.2, 0) is 11.9 Å². The maximum absolute atomic E-state index is 12.8. The monoisotopic (exact) mass is 421 g/mol. The van der Waals surface area contributed by atoms with Crippen molar-refractivity contribution >= 4 is 23.9 Å². The number of furan rings is 1. The molecule has 29 heavy (non-hydrogen) atoms. The van der Waals surface area contributed by atoms with Crippen LogP contribution in [0.25, 0.3) is 0 Å². The smallest absolute Gasteiger partial charge is 0.433 e. The minimum absolute atomic E-state index is 0.0219. The van der Waals surface area contributed by atoms with Crippen LogP contribution in [0, 0.1) is 6.92 Å². The Kier molecular flexibility index (Phi) is 6.27. The number of alkyl halides is 3. The van der Waals surface area contributed by atoms with E-state index in [-0.39, 0.29) is 22.4 Å². The predicted molar refractivity (Wildman–Crippen MR) is 99.3 cm³/mol. The van der Waals surface area contributed by atoms with Gasteiger partial charge in [-0.05, 0) is 42.8 Å². The Morgan fingerprint density at radius 3 is 2.72 bits per heavy atom. The highest BCUT2D eigenvalue weighted by atomic mass is 32.2. The number of nitrogens with one attached hydrogen (secondary N) is 1. The Balaban J connectivity index is 1.58. The molecule has 0 aliphatic carbocycles. The minimum Gasteiger partial charge on any atom is -0.455 e. The van der Waals surface area contributed by atoms with E-state index in [4.69, 9.17) is 4.42 Å². The maximum atomic E-state index is 12.8. The third-order valence-corrected chi connectivity index (χ3v) is 4.31. The Bertz CT molecular complexity index is 1020. The number of hydrogen-bond acceptors (Lipinski definition) is 7. The fraction of sp³-hybridized carbons (Fsp3) is 0.167. The van der Waals surface area contributed by atoms with Crippen molar-refractivity contribution in [2.45, 2.75) is 24.0 Å². The van der Waals surface area contributed by atoms with E-state index >= 15 is 0 Å². The summed E-state index contributed by atoms with van der Waals surface area (Å²) in [6, 6.07) is 7.32. The summed E-state index contributed by atoms with van der Waals surface area (Å²) in [6.07, 6.45) is 0.0901. The number of aromatic nitrogens is 3. The Labute approximate surface area is 167 Å². The second kappa shape index (κ2) is 8.86. The maximum Gasteiger partial charge on any atom is 0.433 e. The van der Waals surface area contributed by atoms with Gasteiger partial charge in [-0.3, -0.25) is 9.78 Å². The molecule has 0 aliphatic heterocycles. The standard InChI is InChI=1S/C18H14F3N5O2S/c1-11-8-15(18(19,20)21)25-17(24-11)29-10-13-2-3-14(28-13)16(27)26-23-9-12-4-6-22-7-5-12/h2-9H,10H2,1H3,(H,26,27). The van der Waals surface area contributed by atoms with Gasteiger partial charge in [0.1, 0.15) is 11.5 Å². The van der Waals surface area contributed by atoms with Crippen molar-refractivity contribution in [1.29, 1.82) is 0 Å². The average molecular weight is 421 g/mol. The normalized spacial score (nSPS) is 11.7. The average Bonchev–Trinajstić information content (AvgIpc) is 3.15. The first kappa shape index (κ1) is 20.5. The van der Waals surface area contributed by atoms with Gasteiger partial charge in [-0.25, -0.2) is 15.4 Å². The zero-order chi connectivity index (χ0) is 20.9. The van der Waals surface area contributed by atoms with Crippen LogP contribution in [0.5, 0.6) is 0 Å². The molecule has 0 bridgehead atoms. The van der Waals surface area contributed by atoms with Gasteiger partial charge in [-0.2, -0.15) is 18.3 Å². The van der Waals surface area contributed by atoms with Crippen LogP contribution >= 0.6 is 11.8 Å². The second-order valence-electron chi connectivity index (χ2n) is 5.71. The van der Waals surface area contributed by atoms with Crippen LogP contribution in [0.15, 0.2) is 57.4 Å². The molecular formula is C18H14F3N5O2S. The molecule has 3 aromatic rings. The quantitative estimate of drug-likeness (QED) is 0.281. The molecule has 0 aromatic carbocycles. The molecular weight excluding hydrogens is 407 g/mol. The molecule has 1 amide bonds. The summed E-state index contributed by atoms with van der Waals surface area (Å²) in [5, 5.41) is 3.79. The molecule has 3 aromatic heterocycles. The fourth-order valence-electron chi connectivity index (χ4n) is 2.13. The van der Waals surface area contributed by atoms with E-state index in [1.165, 1.54) is 19.2 Å². The molecule has 150 valence electrons. The Morgan fingerprint density at radius 2 is 2.00 bits per heavy atom. The van der Waals surface area contributed by atoms with E-state index in [2.05, 4.69) is 25.5 Å². The molecule has 11 heteroatoms. The summed E-state index contributed by atoms with van der Waals surface area (Å²) in [6.45, 7) is 1.46. The zero-order valence-corrected chi connectivity index (χ0v) is 15.8. The van der Waals surface area contributed by atoms with Crippen molar-refractivity contribution in [1.82, 2.24) is 20.4 Å². The summed E-state index contributed by atoms with van der Waals surface area (Å²) in [5.41, 5.74) is 2.29. The van der Waals surface area contributed by atoms with E-state index < -0.39 is 17.8 Å². The van der Waals surface area contributed by atoms with Crippen molar-refractivity contribution in [3.8, 4) is 0 Å². The molecule has 7 nitrogen and oxygen atoms in total. The van der Waals surface area contributed by atoms with Crippen LogP contribution in [0.1, 0.15) is 33.3 Å². The van der Waals surface area contributed by atoms with Gasteiger partial charge < -0.3 is 4.42 Å². The Hall–Kier alpha value is -3.21. The predicted octanol–water partition coefficient (Wildman–Crippen LogP) is 3.85. The number of aryl methyl sites for hydroxylation is 1. The number of nitrogens with zero attached hydrogens (tertiary/aromatic N) is 4. The fourth-order valence-corrected chi connectivity index (χ4v) is 2.93. The number of hydrazone groups is 1. The molecule has 0 radical (unpaired) electrons. The van der Waals surface area contributed by atoms with Crippen molar-refractivity contribution < 1.29 is 22.4 Å². The highest BCUT2D eigenvalue weighted by Crippen LogP contribution is 2.30. The van der Waals surface area contributed by atoms with Crippen LogP contribution in [0.2, 0.25) is 0 Å². The number of halogens is 3. The van der Waals surface area contributed by atoms with Gasteiger partial charge >= 0.3 is 12.1 Å². The first-order valence-electron chi connectivity index (χ1n) is 8.19. The van der Waals surface area contributed by atoms with Gasteiger partial charge in [0.15, 0.2) is 10.9 Å². The second-order valence-corrected chi connectivity index (χ2v) is 6.65. The SMILES string of the molecule is Cc1cc(C(F)(F)F)nc(SCc2ccc(C(=O)NN=Cc3ccncc3)o2)n1. The molecule has 0 unspecified atom stereocenters. The van der Waals surface area contributed by atoms with Gasteiger partial charge in [0.25, 0.3) is 0 Å². The van der Waals surface area contributed by atoms with E-state index in [9.17, 15) is 18.0 Å². The molecule has 0 fully saturated rings. The third kappa shape index (κ3) is 5.88. The van der Waals surface area contributed by atoms with Gasteiger partial charge in [-0.1, -0.05) is 11.8 Å². The topological polar surface area (TPSA) is 93.3 Å². The molecule has 0 atom stereocenters. The van der Waals surface area contributed by atoms with Crippen molar-refractivity contribution in [2.24, 2.45) is 5.10 Å². The highest BCUT2D eigenvalue weighted by molar-refractivity contribution is 7.98. The molecule has 3 rings (SSSR count). The number of thioether (sulfide) groups is 1. The molecule has 0 spiro atoms.